The minimum Gasteiger partial charge on any atom is -0.497 e. The molecule has 0 spiro atoms. The number of aromatic nitrogens is 1. The van der Waals surface area contributed by atoms with Crippen molar-refractivity contribution in [1.82, 2.24) is 9.88 Å². The van der Waals surface area contributed by atoms with Crippen LogP contribution in [0.1, 0.15) is 24.0 Å². The van der Waals surface area contributed by atoms with Crippen molar-refractivity contribution in [3.63, 3.8) is 0 Å². The number of hydrogen-bond donors (Lipinski definition) is 0. The van der Waals surface area contributed by atoms with Gasteiger partial charge in [-0.2, -0.15) is 0 Å². The normalized spacial score (nSPS) is 10.6. The molecule has 0 aliphatic heterocycles. The third kappa shape index (κ3) is 5.60. The zero-order valence-corrected chi connectivity index (χ0v) is 20.6. The van der Waals surface area contributed by atoms with E-state index in [-0.39, 0.29) is 5.91 Å². The number of rotatable bonds is 11. The maximum Gasteiger partial charge on any atom is 0.223 e. The fourth-order valence-corrected chi connectivity index (χ4v) is 3.86. The van der Waals surface area contributed by atoms with E-state index in [0.29, 0.717) is 42.9 Å². The van der Waals surface area contributed by atoms with Gasteiger partial charge in [0.1, 0.15) is 28.6 Å². The quantitative estimate of drug-likeness (QED) is 0.380. The van der Waals surface area contributed by atoms with Gasteiger partial charge in [0.2, 0.25) is 5.91 Å². The highest BCUT2D eigenvalue weighted by molar-refractivity contribution is 5.92. The molecule has 34 heavy (non-hydrogen) atoms. The van der Waals surface area contributed by atoms with E-state index in [2.05, 4.69) is 6.58 Å². The molecule has 1 heterocycles. The number of carbonyl (C=O) groups excluding carboxylic acids is 1. The van der Waals surface area contributed by atoms with Gasteiger partial charge in [0.15, 0.2) is 0 Å². The molecule has 0 aliphatic carbocycles. The molecule has 0 saturated carbocycles. The van der Waals surface area contributed by atoms with Gasteiger partial charge in [-0.15, -0.1) is 6.58 Å². The van der Waals surface area contributed by atoms with Crippen molar-refractivity contribution in [2.75, 3.05) is 40.3 Å². The number of pyridine rings is 1. The summed E-state index contributed by atoms with van der Waals surface area (Å²) in [6.07, 6.45) is 2.79. The van der Waals surface area contributed by atoms with Crippen molar-refractivity contribution in [3.8, 4) is 17.2 Å². The van der Waals surface area contributed by atoms with E-state index in [9.17, 15) is 4.79 Å². The van der Waals surface area contributed by atoms with Crippen LogP contribution in [0.4, 0.5) is 5.82 Å². The van der Waals surface area contributed by atoms with Gasteiger partial charge >= 0.3 is 0 Å². The first-order chi connectivity index (χ1) is 16.4. The fraction of sp³-hybridized carbons (Fsp3) is 0.333. The van der Waals surface area contributed by atoms with Crippen molar-refractivity contribution >= 4 is 22.6 Å². The lowest BCUT2D eigenvalue weighted by Gasteiger charge is -2.26. The van der Waals surface area contributed by atoms with Gasteiger partial charge in [0, 0.05) is 44.6 Å². The third-order valence-electron chi connectivity index (χ3n) is 5.64. The lowest BCUT2D eigenvalue weighted by molar-refractivity contribution is -0.132. The predicted molar refractivity (Wildman–Crippen MR) is 136 cm³/mol. The summed E-state index contributed by atoms with van der Waals surface area (Å²) in [5.41, 5.74) is 2.66. The highest BCUT2D eigenvalue weighted by atomic mass is 16.5. The number of anilines is 1. The zero-order chi connectivity index (χ0) is 24.7. The molecule has 7 nitrogen and oxygen atoms in total. The largest absolute Gasteiger partial charge is 0.497 e. The van der Waals surface area contributed by atoms with E-state index >= 15 is 0 Å². The molecule has 0 saturated heterocycles. The summed E-state index contributed by atoms with van der Waals surface area (Å²) in [5.74, 6) is 2.98. The number of amides is 1. The molecule has 0 unspecified atom stereocenters. The van der Waals surface area contributed by atoms with E-state index in [4.69, 9.17) is 19.2 Å². The Morgan fingerprint density at radius 2 is 1.65 bits per heavy atom. The molecular weight excluding hydrogens is 430 g/mol. The number of benzene rings is 2. The first-order valence-corrected chi connectivity index (χ1v) is 11.1. The number of allylic oxidation sites excluding steroid dienone is 1. The summed E-state index contributed by atoms with van der Waals surface area (Å²) < 4.78 is 16.4. The summed E-state index contributed by atoms with van der Waals surface area (Å²) in [6, 6.07) is 13.5. The molecule has 0 atom stereocenters. The van der Waals surface area contributed by atoms with E-state index in [1.54, 1.807) is 27.4 Å². The first kappa shape index (κ1) is 24.9. The van der Waals surface area contributed by atoms with E-state index < -0.39 is 0 Å². The number of nitrogens with zero attached hydrogens (tertiary/aromatic N) is 3. The SMILES string of the molecule is C=CCCC(=O)N(Cc1ccc(OC)cc1)Cc1cc2c(OC)ccc(OC)c2nc1N(C)C. The van der Waals surface area contributed by atoms with Crippen molar-refractivity contribution in [2.24, 2.45) is 0 Å². The van der Waals surface area contributed by atoms with Gasteiger partial charge < -0.3 is 24.0 Å². The van der Waals surface area contributed by atoms with E-state index in [0.717, 1.165) is 28.1 Å². The lowest BCUT2D eigenvalue weighted by atomic mass is 10.1. The summed E-state index contributed by atoms with van der Waals surface area (Å²) in [5, 5.41) is 0.838. The van der Waals surface area contributed by atoms with E-state index in [1.165, 1.54) is 0 Å². The van der Waals surface area contributed by atoms with Crippen molar-refractivity contribution in [2.45, 2.75) is 25.9 Å². The van der Waals surface area contributed by atoms with Gasteiger partial charge in [0.05, 0.1) is 21.3 Å². The molecule has 1 aromatic heterocycles. The van der Waals surface area contributed by atoms with Gasteiger partial charge in [-0.05, 0) is 42.3 Å². The average Bonchev–Trinajstić information content (AvgIpc) is 2.85. The van der Waals surface area contributed by atoms with E-state index in [1.807, 2.05) is 66.4 Å². The smallest absolute Gasteiger partial charge is 0.223 e. The van der Waals surface area contributed by atoms with Gasteiger partial charge in [-0.25, -0.2) is 4.98 Å². The maximum absolute atomic E-state index is 13.2. The molecule has 3 aromatic rings. The Morgan fingerprint density at radius 1 is 0.971 bits per heavy atom. The topological polar surface area (TPSA) is 64.1 Å². The monoisotopic (exact) mass is 463 g/mol. The highest BCUT2D eigenvalue weighted by Gasteiger charge is 2.20. The molecule has 0 radical (unpaired) electrons. The van der Waals surface area contributed by atoms with Crippen LogP contribution in [-0.4, -0.2) is 51.2 Å². The summed E-state index contributed by atoms with van der Waals surface area (Å²) >= 11 is 0. The number of hydrogen-bond acceptors (Lipinski definition) is 6. The Hall–Kier alpha value is -3.74. The van der Waals surface area contributed by atoms with Gasteiger partial charge in [-0.1, -0.05) is 18.2 Å². The summed E-state index contributed by atoms with van der Waals surface area (Å²) in [7, 11) is 8.78. The second-order valence-electron chi connectivity index (χ2n) is 8.16. The molecule has 180 valence electrons. The maximum atomic E-state index is 13.2. The van der Waals surface area contributed by atoms with Crippen LogP contribution in [0.25, 0.3) is 10.9 Å². The second-order valence-corrected chi connectivity index (χ2v) is 8.16. The van der Waals surface area contributed by atoms with Crippen LogP contribution in [0, 0.1) is 0 Å². The molecular formula is C27H33N3O4. The van der Waals surface area contributed by atoms with Crippen LogP contribution < -0.4 is 19.1 Å². The van der Waals surface area contributed by atoms with Crippen LogP contribution in [0.5, 0.6) is 17.2 Å². The van der Waals surface area contributed by atoms with Crippen LogP contribution in [-0.2, 0) is 17.9 Å². The Kier molecular flexibility index (Phi) is 8.35. The number of fused-ring (bicyclic) bond motifs is 1. The predicted octanol–water partition coefficient (Wildman–Crippen LogP) is 4.82. The highest BCUT2D eigenvalue weighted by Crippen LogP contribution is 2.35. The Morgan fingerprint density at radius 3 is 2.24 bits per heavy atom. The number of ether oxygens (including phenoxy) is 3. The fourth-order valence-electron chi connectivity index (χ4n) is 3.86. The van der Waals surface area contributed by atoms with Crippen LogP contribution in [0.2, 0.25) is 0 Å². The average molecular weight is 464 g/mol. The number of carbonyl (C=O) groups is 1. The summed E-state index contributed by atoms with van der Waals surface area (Å²) in [6.45, 7) is 4.63. The first-order valence-electron chi connectivity index (χ1n) is 11.1. The molecule has 7 heteroatoms. The lowest BCUT2D eigenvalue weighted by Crippen LogP contribution is -2.30. The van der Waals surface area contributed by atoms with Gasteiger partial charge in [0.25, 0.3) is 0 Å². The zero-order valence-electron chi connectivity index (χ0n) is 20.6. The Labute approximate surface area is 201 Å². The summed E-state index contributed by atoms with van der Waals surface area (Å²) in [4.78, 5) is 21.9. The molecule has 3 rings (SSSR count). The molecule has 1 amide bonds. The van der Waals surface area contributed by atoms with Crippen LogP contribution in [0.15, 0.2) is 55.1 Å². The standard InChI is InChI=1S/C27H33N3O4/c1-7-8-9-25(31)30(17-19-10-12-21(32-4)13-11-19)18-20-16-22-23(33-5)14-15-24(34-6)26(22)28-27(20)29(2)3/h7,10-16H,1,8-9,17-18H2,2-6H3. The Balaban J connectivity index is 2.05. The second kappa shape index (κ2) is 11.4. The van der Waals surface area contributed by atoms with Crippen molar-refractivity contribution in [3.05, 3.63) is 66.2 Å². The molecule has 0 N–H and O–H groups in total. The van der Waals surface area contributed by atoms with Crippen LogP contribution in [0.3, 0.4) is 0 Å². The van der Waals surface area contributed by atoms with Gasteiger partial charge in [-0.3, -0.25) is 4.79 Å². The minimum absolute atomic E-state index is 0.0538. The minimum atomic E-state index is 0.0538. The number of methoxy groups -OCH3 is 3. The third-order valence-corrected chi connectivity index (χ3v) is 5.64. The van der Waals surface area contributed by atoms with Crippen LogP contribution >= 0.6 is 0 Å². The van der Waals surface area contributed by atoms with Crippen molar-refractivity contribution in [1.29, 1.82) is 0 Å². The Bertz CT molecular complexity index is 1140. The molecule has 0 bridgehead atoms. The molecule has 2 aromatic carbocycles. The molecule has 0 aliphatic rings. The molecule has 0 fully saturated rings. The van der Waals surface area contributed by atoms with Crippen molar-refractivity contribution < 1.29 is 19.0 Å².